The number of aromatic amines is 1. The predicted octanol–water partition coefficient (Wildman–Crippen LogP) is 4.46. The van der Waals surface area contributed by atoms with Crippen LogP contribution in [0.4, 0.5) is 0 Å². The fourth-order valence-corrected chi connectivity index (χ4v) is 3.34. The van der Waals surface area contributed by atoms with Gasteiger partial charge in [-0.3, -0.25) is 4.79 Å². The summed E-state index contributed by atoms with van der Waals surface area (Å²) in [5, 5.41) is 24.0. The first-order valence-corrected chi connectivity index (χ1v) is 10.1. The number of hydrogen-bond acceptors (Lipinski definition) is 6. The second-order valence-electron chi connectivity index (χ2n) is 6.82. The van der Waals surface area contributed by atoms with E-state index in [9.17, 15) is 15.0 Å². The maximum atomic E-state index is 12.5. The van der Waals surface area contributed by atoms with Crippen molar-refractivity contribution in [2.45, 2.75) is 6.92 Å². The molecule has 1 aromatic heterocycles. The molecule has 4 N–H and O–H groups in total. The van der Waals surface area contributed by atoms with Crippen molar-refractivity contribution in [1.29, 1.82) is 0 Å². The molecule has 0 aliphatic rings. The van der Waals surface area contributed by atoms with Crippen LogP contribution in [0.15, 0.2) is 59.7 Å². The molecule has 0 fully saturated rings. The molecule has 4 rings (SSSR count). The topological polar surface area (TPSA) is 120 Å². The Labute approximate surface area is 188 Å². The van der Waals surface area contributed by atoms with E-state index in [-0.39, 0.29) is 22.3 Å². The average molecular weight is 451 g/mol. The Kier molecular flexibility index (Phi) is 5.96. The van der Waals surface area contributed by atoms with Crippen molar-refractivity contribution in [2.75, 3.05) is 6.61 Å². The summed E-state index contributed by atoms with van der Waals surface area (Å²) in [4.78, 5) is 20.1. The van der Waals surface area contributed by atoms with Gasteiger partial charge in [0.15, 0.2) is 11.5 Å². The number of hydrazone groups is 1. The number of nitrogens with zero attached hydrogens (tertiary/aromatic N) is 2. The normalized spacial score (nSPS) is 11.2. The lowest BCUT2D eigenvalue weighted by molar-refractivity contribution is 0.0955. The molecule has 32 heavy (non-hydrogen) atoms. The number of hydrogen-bond donors (Lipinski definition) is 4. The van der Waals surface area contributed by atoms with E-state index < -0.39 is 5.91 Å². The highest BCUT2D eigenvalue weighted by molar-refractivity contribution is 6.32. The highest BCUT2D eigenvalue weighted by Gasteiger charge is 2.12. The van der Waals surface area contributed by atoms with E-state index in [0.29, 0.717) is 40.2 Å². The molecular formula is C23H19ClN4O4. The van der Waals surface area contributed by atoms with Gasteiger partial charge in [0.1, 0.15) is 11.6 Å². The number of halogens is 1. The second-order valence-corrected chi connectivity index (χ2v) is 7.22. The predicted molar refractivity (Wildman–Crippen MR) is 123 cm³/mol. The minimum atomic E-state index is -0.420. The van der Waals surface area contributed by atoms with Crippen LogP contribution >= 0.6 is 11.6 Å². The zero-order valence-corrected chi connectivity index (χ0v) is 17.7. The number of nitrogens with one attached hydrogen (secondary N) is 2. The summed E-state index contributed by atoms with van der Waals surface area (Å²) in [7, 11) is 0. The molecule has 0 aliphatic heterocycles. The van der Waals surface area contributed by atoms with Crippen LogP contribution in [-0.2, 0) is 0 Å². The summed E-state index contributed by atoms with van der Waals surface area (Å²) in [5.74, 6) is 0.281. The Hall–Kier alpha value is -4.04. The minimum Gasteiger partial charge on any atom is -0.507 e. The lowest BCUT2D eigenvalue weighted by Crippen LogP contribution is -2.17. The number of rotatable bonds is 6. The molecule has 162 valence electrons. The lowest BCUT2D eigenvalue weighted by atomic mass is 10.2. The number of aromatic hydroxyl groups is 2. The van der Waals surface area contributed by atoms with Gasteiger partial charge < -0.3 is 19.9 Å². The molecule has 9 heteroatoms. The summed E-state index contributed by atoms with van der Waals surface area (Å²) in [5.41, 5.74) is 5.25. The largest absolute Gasteiger partial charge is 0.507 e. The molecule has 0 atom stereocenters. The van der Waals surface area contributed by atoms with Crippen LogP contribution in [0.1, 0.15) is 22.8 Å². The molecule has 1 amide bonds. The van der Waals surface area contributed by atoms with E-state index >= 15 is 0 Å². The molecule has 0 saturated carbocycles. The number of carbonyl (C=O) groups is 1. The van der Waals surface area contributed by atoms with E-state index in [4.69, 9.17) is 16.3 Å². The maximum Gasteiger partial charge on any atom is 0.271 e. The van der Waals surface area contributed by atoms with Crippen molar-refractivity contribution in [3.05, 3.63) is 70.7 Å². The highest BCUT2D eigenvalue weighted by Crippen LogP contribution is 2.34. The Bertz CT molecular complexity index is 1330. The number of phenolic OH excluding ortho intramolecular Hbond substituents is 2. The molecule has 4 aromatic rings. The number of phenols is 2. The minimum absolute atomic E-state index is 0.112. The third-order valence-corrected chi connectivity index (χ3v) is 4.92. The van der Waals surface area contributed by atoms with Gasteiger partial charge in [-0.05, 0) is 55.0 Å². The number of ether oxygens (including phenoxy) is 1. The number of amides is 1. The Morgan fingerprint density at radius 2 is 2.03 bits per heavy atom. The summed E-state index contributed by atoms with van der Waals surface area (Å²) in [6.07, 6.45) is 1.40. The third kappa shape index (κ3) is 4.35. The van der Waals surface area contributed by atoms with Gasteiger partial charge in [-0.1, -0.05) is 23.7 Å². The fraction of sp³-hybridized carbons (Fsp3) is 0.0870. The van der Waals surface area contributed by atoms with Gasteiger partial charge in [-0.25, -0.2) is 10.4 Å². The molecule has 1 heterocycles. The average Bonchev–Trinajstić information content (AvgIpc) is 3.20. The van der Waals surface area contributed by atoms with Crippen LogP contribution in [0, 0.1) is 0 Å². The third-order valence-electron chi connectivity index (χ3n) is 4.63. The van der Waals surface area contributed by atoms with Crippen molar-refractivity contribution >= 4 is 34.8 Å². The van der Waals surface area contributed by atoms with E-state index in [1.807, 2.05) is 0 Å². The maximum absolute atomic E-state index is 12.5. The molecule has 8 nitrogen and oxygen atoms in total. The Morgan fingerprint density at radius 3 is 2.81 bits per heavy atom. The van der Waals surface area contributed by atoms with Gasteiger partial charge in [-0.15, -0.1) is 0 Å². The van der Waals surface area contributed by atoms with E-state index in [1.54, 1.807) is 55.5 Å². The molecule has 0 saturated heterocycles. The quantitative estimate of drug-likeness (QED) is 0.255. The standard InChI is InChI=1S/C23H19ClN4O4/c1-2-32-20-10-13(9-16(24)21(20)30)12-25-28-23(31)14-7-8-17-18(11-14)27-22(26-17)15-5-3-4-6-19(15)29/h3-12,29-30H,2H2,1H3,(H,26,27)(H,28,31)/b25-12+. The van der Waals surface area contributed by atoms with Crippen LogP contribution in [0.3, 0.4) is 0 Å². The first-order chi connectivity index (χ1) is 15.5. The molecule has 0 radical (unpaired) electrons. The number of para-hydroxylation sites is 1. The van der Waals surface area contributed by atoms with Crippen LogP contribution in [0.5, 0.6) is 17.2 Å². The lowest BCUT2D eigenvalue weighted by Gasteiger charge is -2.08. The van der Waals surface area contributed by atoms with Crippen LogP contribution in [0.25, 0.3) is 22.4 Å². The molecule has 3 aromatic carbocycles. The van der Waals surface area contributed by atoms with Gasteiger partial charge >= 0.3 is 0 Å². The summed E-state index contributed by atoms with van der Waals surface area (Å²) < 4.78 is 5.33. The molecule has 0 bridgehead atoms. The summed E-state index contributed by atoms with van der Waals surface area (Å²) >= 11 is 6.00. The number of carbonyl (C=O) groups excluding carboxylic acids is 1. The monoisotopic (exact) mass is 450 g/mol. The van der Waals surface area contributed by atoms with Crippen molar-refractivity contribution in [3.8, 4) is 28.6 Å². The van der Waals surface area contributed by atoms with Crippen LogP contribution in [-0.4, -0.2) is 38.9 Å². The molecule has 0 unspecified atom stereocenters. The van der Waals surface area contributed by atoms with Crippen molar-refractivity contribution in [3.63, 3.8) is 0 Å². The summed E-state index contributed by atoms with van der Waals surface area (Å²) in [6, 6.07) is 14.9. The first-order valence-electron chi connectivity index (χ1n) is 9.73. The molecule has 0 aliphatic carbocycles. The number of benzene rings is 3. The van der Waals surface area contributed by atoms with Gasteiger partial charge in [0.2, 0.25) is 0 Å². The van der Waals surface area contributed by atoms with E-state index in [0.717, 1.165) is 0 Å². The fourth-order valence-electron chi connectivity index (χ4n) is 3.12. The van der Waals surface area contributed by atoms with Crippen molar-refractivity contribution in [1.82, 2.24) is 15.4 Å². The van der Waals surface area contributed by atoms with Gasteiger partial charge in [0, 0.05) is 5.56 Å². The van der Waals surface area contributed by atoms with Gasteiger partial charge in [0.05, 0.1) is 34.4 Å². The SMILES string of the molecule is CCOc1cc(/C=N/NC(=O)c2ccc3nc(-c4ccccc4O)[nH]c3c2)cc(Cl)c1O. The number of fused-ring (bicyclic) bond motifs is 1. The first kappa shape index (κ1) is 21.2. The number of H-pyrrole nitrogens is 1. The molecule has 0 spiro atoms. The zero-order valence-electron chi connectivity index (χ0n) is 17.0. The zero-order chi connectivity index (χ0) is 22.7. The van der Waals surface area contributed by atoms with E-state index in [1.165, 1.54) is 12.3 Å². The number of imidazole rings is 1. The van der Waals surface area contributed by atoms with Crippen molar-refractivity contribution < 1.29 is 19.7 Å². The van der Waals surface area contributed by atoms with Gasteiger partial charge in [-0.2, -0.15) is 5.10 Å². The van der Waals surface area contributed by atoms with E-state index in [2.05, 4.69) is 20.5 Å². The van der Waals surface area contributed by atoms with Gasteiger partial charge in [0.25, 0.3) is 5.91 Å². The highest BCUT2D eigenvalue weighted by atomic mass is 35.5. The number of aromatic nitrogens is 2. The molecular weight excluding hydrogens is 432 g/mol. The smallest absolute Gasteiger partial charge is 0.271 e. The van der Waals surface area contributed by atoms with Crippen LogP contribution < -0.4 is 10.2 Å². The Balaban J connectivity index is 1.51. The Morgan fingerprint density at radius 1 is 1.22 bits per heavy atom. The van der Waals surface area contributed by atoms with Crippen molar-refractivity contribution in [2.24, 2.45) is 5.10 Å². The second kappa shape index (κ2) is 8.99. The summed E-state index contributed by atoms with van der Waals surface area (Å²) in [6.45, 7) is 2.15. The van der Waals surface area contributed by atoms with Crippen LogP contribution in [0.2, 0.25) is 5.02 Å².